The second-order valence-electron chi connectivity index (χ2n) is 6.53. The lowest BCUT2D eigenvalue weighted by Gasteiger charge is -2.16. The maximum atomic E-state index is 9.78. The predicted octanol–water partition coefficient (Wildman–Crippen LogP) is 4.90. The van der Waals surface area contributed by atoms with Crippen LogP contribution in [0.15, 0.2) is 30.3 Å². The average Bonchev–Trinajstić information content (AvgIpc) is 3.10. The molecule has 0 saturated heterocycles. The number of hydrogen-bond donors (Lipinski definition) is 2. The molecule has 158 valence electrons. The second-order valence-corrected chi connectivity index (χ2v) is 6.94. The third-order valence-corrected chi connectivity index (χ3v) is 5.05. The van der Waals surface area contributed by atoms with Crippen LogP contribution in [0.2, 0.25) is 5.02 Å². The molecule has 0 atom stereocenters. The first kappa shape index (κ1) is 22.0. The van der Waals surface area contributed by atoms with Crippen LogP contribution in [-0.4, -0.2) is 47.7 Å². The van der Waals surface area contributed by atoms with Crippen LogP contribution < -0.4 is 9.47 Å². The minimum atomic E-state index is 0. The normalized spacial score (nSPS) is 10.9. The molecule has 0 aliphatic heterocycles. The molecular formula is C21H21Cl2N3O4. The number of aryl methyl sites for hydroxylation is 1. The fourth-order valence-electron chi connectivity index (χ4n) is 3.40. The second kappa shape index (κ2) is 8.95. The number of phenols is 1. The Bertz CT molecular complexity index is 1210. The van der Waals surface area contributed by atoms with E-state index >= 15 is 0 Å². The number of nitrogens with zero attached hydrogens (tertiary/aromatic N) is 2. The SMILES string of the molecule is COCCOc1ccc2c(-c3ccc(O)c(Cl)c3)nc3n[nH]c(C)c3c2c1OC.Cl. The Morgan fingerprint density at radius 1 is 1.10 bits per heavy atom. The molecule has 2 heterocycles. The standard InChI is InChI=1S/C21H20ClN3O4.ClH/c1-11-17-18-13(5-7-16(20(18)28-3)29-9-8-27-2)19(23-21(17)25-24-11)12-4-6-15(26)14(22)10-12;/h4-7,10,26H,8-9H2,1-3H3,(H,23,24,25);1H. The zero-order chi connectivity index (χ0) is 20.5. The van der Waals surface area contributed by atoms with Crippen LogP contribution >= 0.6 is 24.0 Å². The molecule has 4 rings (SSSR count). The van der Waals surface area contributed by atoms with E-state index in [1.807, 2.05) is 19.1 Å². The molecule has 2 aromatic heterocycles. The summed E-state index contributed by atoms with van der Waals surface area (Å²) < 4.78 is 16.7. The minimum absolute atomic E-state index is 0. The van der Waals surface area contributed by atoms with Gasteiger partial charge in [0.25, 0.3) is 0 Å². The van der Waals surface area contributed by atoms with Crippen molar-refractivity contribution in [3.8, 4) is 28.5 Å². The van der Waals surface area contributed by atoms with Crippen molar-refractivity contribution in [2.24, 2.45) is 0 Å². The van der Waals surface area contributed by atoms with Gasteiger partial charge < -0.3 is 19.3 Å². The zero-order valence-corrected chi connectivity index (χ0v) is 18.2. The van der Waals surface area contributed by atoms with Crippen LogP contribution in [0.25, 0.3) is 33.1 Å². The summed E-state index contributed by atoms with van der Waals surface area (Å²) in [6, 6.07) is 8.79. The number of benzene rings is 2. The first-order valence-corrected chi connectivity index (χ1v) is 9.39. The summed E-state index contributed by atoms with van der Waals surface area (Å²) >= 11 is 6.14. The van der Waals surface area contributed by atoms with Gasteiger partial charge in [0.2, 0.25) is 0 Å². The molecule has 7 nitrogen and oxygen atoms in total. The van der Waals surface area contributed by atoms with E-state index in [1.165, 1.54) is 0 Å². The predicted molar refractivity (Wildman–Crippen MR) is 119 cm³/mol. The van der Waals surface area contributed by atoms with Crippen molar-refractivity contribution in [3.63, 3.8) is 0 Å². The van der Waals surface area contributed by atoms with Gasteiger partial charge in [0.15, 0.2) is 17.1 Å². The van der Waals surface area contributed by atoms with Crippen LogP contribution in [0, 0.1) is 6.92 Å². The average molecular weight is 450 g/mol. The van der Waals surface area contributed by atoms with Gasteiger partial charge in [-0.1, -0.05) is 11.6 Å². The quantitative estimate of drug-likeness (QED) is 0.406. The molecule has 0 amide bonds. The monoisotopic (exact) mass is 449 g/mol. The van der Waals surface area contributed by atoms with Gasteiger partial charge in [-0.3, -0.25) is 5.10 Å². The summed E-state index contributed by atoms with van der Waals surface area (Å²) in [5, 5.41) is 19.9. The molecular weight excluding hydrogens is 429 g/mol. The van der Waals surface area contributed by atoms with E-state index in [-0.39, 0.29) is 23.2 Å². The molecule has 0 fully saturated rings. The summed E-state index contributed by atoms with van der Waals surface area (Å²) in [5.74, 6) is 1.23. The number of fused-ring (bicyclic) bond motifs is 3. The first-order valence-electron chi connectivity index (χ1n) is 9.01. The number of aromatic amines is 1. The molecule has 0 unspecified atom stereocenters. The molecule has 0 spiro atoms. The third kappa shape index (κ3) is 3.71. The van der Waals surface area contributed by atoms with Gasteiger partial charge in [0.1, 0.15) is 12.4 Å². The van der Waals surface area contributed by atoms with Crippen molar-refractivity contribution < 1.29 is 19.3 Å². The molecule has 0 aliphatic rings. The lowest BCUT2D eigenvalue weighted by Crippen LogP contribution is -2.05. The Hall–Kier alpha value is -2.74. The summed E-state index contributed by atoms with van der Waals surface area (Å²) in [6.07, 6.45) is 0. The number of aromatic nitrogens is 3. The first-order chi connectivity index (χ1) is 14.0. The van der Waals surface area contributed by atoms with Gasteiger partial charge in [-0.25, -0.2) is 4.98 Å². The zero-order valence-electron chi connectivity index (χ0n) is 16.7. The molecule has 0 radical (unpaired) electrons. The molecule has 0 aliphatic carbocycles. The van der Waals surface area contributed by atoms with E-state index in [4.69, 9.17) is 30.8 Å². The molecule has 4 aromatic rings. The highest BCUT2D eigenvalue weighted by atomic mass is 35.5. The van der Waals surface area contributed by atoms with E-state index < -0.39 is 0 Å². The van der Waals surface area contributed by atoms with Gasteiger partial charge in [0.05, 0.1) is 29.8 Å². The molecule has 0 bridgehead atoms. The van der Waals surface area contributed by atoms with Gasteiger partial charge >= 0.3 is 0 Å². The molecule has 9 heteroatoms. The highest BCUT2D eigenvalue weighted by Gasteiger charge is 2.21. The maximum Gasteiger partial charge on any atom is 0.182 e. The molecule has 30 heavy (non-hydrogen) atoms. The van der Waals surface area contributed by atoms with Crippen LogP contribution in [0.3, 0.4) is 0 Å². The number of nitrogens with one attached hydrogen (secondary N) is 1. The van der Waals surface area contributed by atoms with Crippen LogP contribution in [-0.2, 0) is 4.74 Å². The van der Waals surface area contributed by atoms with Gasteiger partial charge in [-0.15, -0.1) is 12.4 Å². The van der Waals surface area contributed by atoms with E-state index in [2.05, 4.69) is 10.2 Å². The van der Waals surface area contributed by atoms with E-state index in [9.17, 15) is 5.11 Å². The highest BCUT2D eigenvalue weighted by Crippen LogP contribution is 2.43. The Morgan fingerprint density at radius 2 is 1.90 bits per heavy atom. The number of pyridine rings is 1. The number of H-pyrrole nitrogens is 1. The number of aromatic hydroxyl groups is 1. The fraction of sp³-hybridized carbons (Fsp3) is 0.238. The van der Waals surface area contributed by atoms with Crippen molar-refractivity contribution >= 4 is 45.8 Å². The lowest BCUT2D eigenvalue weighted by molar-refractivity contribution is 0.144. The molecule has 0 saturated carbocycles. The summed E-state index contributed by atoms with van der Waals surface area (Å²) in [7, 11) is 3.23. The Balaban J connectivity index is 0.00000256. The Labute approximate surface area is 184 Å². The number of methoxy groups -OCH3 is 2. The summed E-state index contributed by atoms with van der Waals surface area (Å²) in [6.45, 7) is 2.80. The van der Waals surface area contributed by atoms with E-state index in [0.29, 0.717) is 36.1 Å². The summed E-state index contributed by atoms with van der Waals surface area (Å²) in [5.41, 5.74) is 2.87. The molecule has 2 aromatic carbocycles. The topological polar surface area (TPSA) is 89.5 Å². The van der Waals surface area contributed by atoms with Gasteiger partial charge in [-0.2, -0.15) is 5.10 Å². The van der Waals surface area contributed by atoms with E-state index in [1.54, 1.807) is 32.4 Å². The van der Waals surface area contributed by atoms with Crippen molar-refractivity contribution in [3.05, 3.63) is 41.0 Å². The molecule has 2 N–H and O–H groups in total. The van der Waals surface area contributed by atoms with Crippen LogP contribution in [0.5, 0.6) is 17.2 Å². The third-order valence-electron chi connectivity index (χ3n) is 4.74. The highest BCUT2D eigenvalue weighted by molar-refractivity contribution is 6.32. The number of halogens is 2. The Kier molecular flexibility index (Phi) is 6.55. The van der Waals surface area contributed by atoms with Crippen LogP contribution in [0.4, 0.5) is 0 Å². The summed E-state index contributed by atoms with van der Waals surface area (Å²) in [4.78, 5) is 4.75. The smallest absolute Gasteiger partial charge is 0.182 e. The van der Waals surface area contributed by atoms with Gasteiger partial charge in [-0.05, 0) is 37.3 Å². The van der Waals surface area contributed by atoms with Crippen molar-refractivity contribution in [1.82, 2.24) is 15.2 Å². The fourth-order valence-corrected chi connectivity index (χ4v) is 3.58. The Morgan fingerprint density at radius 3 is 2.60 bits per heavy atom. The number of hydrogen-bond acceptors (Lipinski definition) is 6. The van der Waals surface area contributed by atoms with Crippen molar-refractivity contribution in [2.45, 2.75) is 6.92 Å². The maximum absolute atomic E-state index is 9.78. The van der Waals surface area contributed by atoms with Gasteiger partial charge in [0, 0.05) is 29.1 Å². The number of rotatable bonds is 6. The number of phenolic OH excluding ortho intramolecular Hbond substituents is 1. The minimum Gasteiger partial charge on any atom is -0.506 e. The van der Waals surface area contributed by atoms with Crippen molar-refractivity contribution in [1.29, 1.82) is 0 Å². The van der Waals surface area contributed by atoms with E-state index in [0.717, 1.165) is 27.4 Å². The largest absolute Gasteiger partial charge is 0.506 e. The number of ether oxygens (including phenoxy) is 3. The van der Waals surface area contributed by atoms with Crippen molar-refractivity contribution in [2.75, 3.05) is 27.4 Å². The van der Waals surface area contributed by atoms with Crippen LogP contribution in [0.1, 0.15) is 5.69 Å². The lowest BCUT2D eigenvalue weighted by atomic mass is 9.99.